The van der Waals surface area contributed by atoms with Crippen LogP contribution in [0.25, 0.3) is 0 Å². The molecular weight excluding hydrogens is 1650 g/mol. The molecule has 2 aromatic rings. The second-order valence-corrected chi connectivity index (χ2v) is 32.9. The zero-order chi connectivity index (χ0) is 89.3. The second-order valence-electron chi connectivity index (χ2n) is 32.9. The SMILES string of the molecule is CC1O[C@@H](O[C@@H]2C(NC(=O)c3cc(=O)[nH]c(=O)[nH]3)CCC[C@H]2O[C@@H]2O[C@@H](CO)[C@H](O)C(O[C@@H](CC3CCCCC3)C(=O)O)C2NC(=O)CCC(=O)COCCOCCOCCOCC(=O)NCCNC2C(O[C@@H](CC3CCCCC3)C(=O)O)[C@@H](O)[C@H](CO)O[C@H]2O[C@@H]2CCCC(NC(=O)c3cc(=O)[nH]c(=O)[nH]3)[C@H]2O[C@@H]2OC(C)[C@@H](O)[C@H](O)C2O)C[C@@H](O)[C@@H]1O. The third kappa shape index (κ3) is 28.7. The Balaban J connectivity index is 0.687. The Bertz CT molecular complexity index is 3890. The molecule has 700 valence electrons. The highest BCUT2D eigenvalue weighted by atomic mass is 16.7. The number of aliphatic hydroxyl groups excluding tert-OH is 9. The lowest BCUT2D eigenvalue weighted by atomic mass is 9.85. The van der Waals surface area contributed by atoms with Crippen LogP contribution in [0.2, 0.25) is 0 Å². The zero-order valence-corrected chi connectivity index (χ0v) is 69.4. The normalized spacial score (nSPS) is 33.2. The molecule has 20 N–H and O–H groups in total. The lowest BCUT2D eigenvalue weighted by molar-refractivity contribution is -0.334. The van der Waals surface area contributed by atoms with E-state index < -0.39 is 273 Å². The minimum atomic E-state index is -1.84. The lowest BCUT2D eigenvalue weighted by Gasteiger charge is -2.48. The van der Waals surface area contributed by atoms with Crippen molar-refractivity contribution in [1.29, 1.82) is 0 Å². The van der Waals surface area contributed by atoms with E-state index in [0.29, 0.717) is 12.8 Å². The van der Waals surface area contributed by atoms with Crippen LogP contribution < -0.4 is 49.1 Å². The minimum absolute atomic E-state index is 0.0161. The first kappa shape index (κ1) is 99.1. The van der Waals surface area contributed by atoms with Gasteiger partial charge >= 0.3 is 23.3 Å². The van der Waals surface area contributed by atoms with Crippen molar-refractivity contribution >= 4 is 41.4 Å². The highest BCUT2D eigenvalue weighted by Crippen LogP contribution is 2.39. The molecule has 4 aliphatic carbocycles. The topological polar surface area (TPSA) is 663 Å². The van der Waals surface area contributed by atoms with Gasteiger partial charge in [-0.05, 0) is 77.0 Å². The molecule has 0 spiro atoms. The second kappa shape index (κ2) is 48.9. The fourth-order valence-corrected chi connectivity index (χ4v) is 17.1. The molecule has 45 heteroatoms. The average molecular weight is 1770 g/mol. The molecule has 4 aliphatic heterocycles. The molecule has 10 rings (SSSR count). The van der Waals surface area contributed by atoms with Crippen molar-refractivity contribution < 1.29 is 156 Å². The molecule has 8 aliphatic rings. The van der Waals surface area contributed by atoms with Gasteiger partial charge in [-0.25, -0.2) is 19.2 Å². The van der Waals surface area contributed by atoms with E-state index in [4.69, 9.17) is 66.3 Å². The first-order valence-electron chi connectivity index (χ1n) is 42.9. The predicted octanol–water partition coefficient (Wildman–Crippen LogP) is -5.32. The Morgan fingerprint density at radius 3 is 1.43 bits per heavy atom. The van der Waals surface area contributed by atoms with Gasteiger partial charge in [0.2, 0.25) is 11.8 Å². The highest BCUT2D eigenvalue weighted by Gasteiger charge is 2.55. The number of hydrogen-bond acceptors (Lipinski definition) is 35. The number of aliphatic hydroxyl groups is 9. The van der Waals surface area contributed by atoms with Crippen LogP contribution in [0.3, 0.4) is 0 Å². The van der Waals surface area contributed by atoms with Crippen molar-refractivity contribution in [1.82, 2.24) is 46.5 Å². The molecule has 9 unspecified atom stereocenters. The minimum Gasteiger partial charge on any atom is -0.479 e. The summed E-state index contributed by atoms with van der Waals surface area (Å²) in [6.07, 6.45) is -24.4. The fourth-order valence-electron chi connectivity index (χ4n) is 17.1. The Hall–Kier alpha value is -7.11. The van der Waals surface area contributed by atoms with Crippen molar-refractivity contribution in [3.8, 4) is 0 Å². The number of Topliss-reactive ketones (excluding diaryl/α,β-unsaturated/α-hetero) is 1. The number of H-pyrrole nitrogens is 4. The Labute approximate surface area is 711 Å². The summed E-state index contributed by atoms with van der Waals surface area (Å²) in [6.45, 7) is 0.336. The summed E-state index contributed by atoms with van der Waals surface area (Å²) < 4.78 is 85.2. The molecule has 2 aromatic heterocycles. The number of nitrogens with one attached hydrogen (secondary N) is 9. The molecule has 4 saturated heterocycles. The van der Waals surface area contributed by atoms with E-state index in [9.17, 15) is 109 Å². The van der Waals surface area contributed by atoms with E-state index in [-0.39, 0.29) is 116 Å². The number of ether oxygens (including phenoxy) is 14. The van der Waals surface area contributed by atoms with Gasteiger partial charge in [-0.1, -0.05) is 64.2 Å². The van der Waals surface area contributed by atoms with Gasteiger partial charge < -0.3 is 159 Å². The number of hydrogen-bond donors (Lipinski definition) is 20. The van der Waals surface area contributed by atoms with Crippen LogP contribution in [0.15, 0.2) is 31.3 Å². The molecule has 27 atom stereocenters. The molecule has 0 radical (unpaired) electrons. The van der Waals surface area contributed by atoms with Gasteiger partial charge in [0.15, 0.2) is 43.2 Å². The van der Waals surface area contributed by atoms with Crippen LogP contribution in [-0.4, -0.2) is 362 Å². The van der Waals surface area contributed by atoms with Crippen LogP contribution in [0.5, 0.6) is 0 Å². The van der Waals surface area contributed by atoms with Crippen molar-refractivity contribution in [2.24, 2.45) is 11.8 Å². The molecule has 0 bridgehead atoms. The number of carbonyl (C=O) groups is 7. The van der Waals surface area contributed by atoms with Crippen LogP contribution in [0.1, 0.15) is 170 Å². The lowest BCUT2D eigenvalue weighted by Crippen LogP contribution is -2.67. The number of carboxylic acids is 2. The fraction of sp³-hybridized carbons (Fsp3) is 0.810. The number of rotatable bonds is 45. The number of ketones is 1. The monoisotopic (exact) mass is 1770 g/mol. The molecule has 124 heavy (non-hydrogen) atoms. The quantitative estimate of drug-likeness (QED) is 0.0275. The Morgan fingerprint density at radius 1 is 0.460 bits per heavy atom. The van der Waals surface area contributed by atoms with E-state index in [1.54, 1.807) is 0 Å². The highest BCUT2D eigenvalue weighted by molar-refractivity contribution is 5.93. The summed E-state index contributed by atoms with van der Waals surface area (Å²) in [5.74, 6) is -6.42. The molecule has 8 fully saturated rings. The molecule has 45 nitrogen and oxygen atoms in total. The van der Waals surface area contributed by atoms with Crippen LogP contribution in [0, 0.1) is 11.8 Å². The largest absolute Gasteiger partial charge is 0.479 e. The molecule has 0 aromatic carbocycles. The molecular formula is C79H123N9O36. The standard InChI is InChI=1S/C79H123N9O36/c1-38-61(97)47(92)33-58(115-38)123-67-43(82-71(103)45-31-55(94)87-78(109)84-45)15-9-17-48(67)120-76-60(70(64(100)53(35-90)122-76)118-51(74(107)108)30-41-13-7-4-8-14-41)86-54(93)20-19-42(91)36-113-27-25-111-23-24-112-26-28-114-37-57(96)80-21-22-81-59-69(117-50(73(105)106)29-40-11-5-3-6-12-40)63(99)52(34-89)121-75(59)119-49-18-10-16-44(83-72(104)46-32-56(95)88-79(110)85-46)68(49)124-77-66(102)65(101)62(98)39(2)116-77/h31-32,38-41,43-44,47-53,58-70,75-77,81,89-90,92,97-102H,3-30,33-37H2,1-2H3,(H,80,96)(H,82,103)(H,83,104)(H,86,93)(H,105,106)(H,107,108)(H2,84,87,94,109)(H2,85,88,95,110)/t38?,39?,43?,44?,47-,48-,49-,50+,51+,52+,53+,58+,59?,60?,61-,62-,63+,64+,65+,66?,67-,68-,69?,70?,75-,76-,77+/m1/s1. The summed E-state index contributed by atoms with van der Waals surface area (Å²) in [5, 5.41) is 134. The van der Waals surface area contributed by atoms with E-state index in [1.165, 1.54) is 13.8 Å². The van der Waals surface area contributed by atoms with E-state index >= 15 is 0 Å². The average Bonchev–Trinajstić information content (AvgIpc) is 0.780. The molecule has 6 heterocycles. The van der Waals surface area contributed by atoms with Gasteiger partial charge in [0.1, 0.15) is 104 Å². The number of aliphatic carboxylic acids is 2. The van der Waals surface area contributed by atoms with Crippen molar-refractivity contribution in [3.05, 3.63) is 65.2 Å². The van der Waals surface area contributed by atoms with Crippen molar-refractivity contribution in [3.63, 3.8) is 0 Å². The van der Waals surface area contributed by atoms with Gasteiger partial charge in [0.05, 0.1) is 102 Å². The summed E-state index contributed by atoms with van der Waals surface area (Å²) in [5.41, 5.74) is -4.48. The van der Waals surface area contributed by atoms with E-state index in [2.05, 4.69) is 36.6 Å². The van der Waals surface area contributed by atoms with Gasteiger partial charge in [-0.3, -0.25) is 43.5 Å². The Morgan fingerprint density at radius 2 is 0.935 bits per heavy atom. The maximum Gasteiger partial charge on any atom is 0.332 e. The smallest absolute Gasteiger partial charge is 0.332 e. The summed E-state index contributed by atoms with van der Waals surface area (Å²) >= 11 is 0. The van der Waals surface area contributed by atoms with Gasteiger partial charge in [0.25, 0.3) is 22.9 Å². The third-order valence-corrected chi connectivity index (χ3v) is 23.7. The van der Waals surface area contributed by atoms with Crippen molar-refractivity contribution in [2.75, 3.05) is 79.2 Å². The zero-order valence-electron chi connectivity index (χ0n) is 69.4. The Kier molecular flexibility index (Phi) is 39.1. The summed E-state index contributed by atoms with van der Waals surface area (Å²) in [7, 11) is 0. The number of amides is 4. The van der Waals surface area contributed by atoms with Crippen LogP contribution in [0.4, 0.5) is 0 Å². The number of aromatic amines is 4. The number of carbonyl (C=O) groups excluding carboxylic acids is 5. The van der Waals surface area contributed by atoms with Crippen molar-refractivity contribution in [2.45, 2.75) is 314 Å². The van der Waals surface area contributed by atoms with Crippen LogP contribution in [-0.2, 0) is 90.3 Å². The maximum atomic E-state index is 14.1. The van der Waals surface area contributed by atoms with Crippen LogP contribution >= 0.6 is 0 Å². The number of carboxylic acid groups (broad SMARTS) is 2. The summed E-state index contributed by atoms with van der Waals surface area (Å²) in [6, 6.07) is -3.17. The van der Waals surface area contributed by atoms with E-state index in [0.717, 1.165) is 76.3 Å². The van der Waals surface area contributed by atoms with E-state index in [1.807, 2.05) is 9.97 Å². The summed E-state index contributed by atoms with van der Waals surface area (Å²) in [4.78, 5) is 151. The third-order valence-electron chi connectivity index (χ3n) is 23.7. The molecule has 4 amide bonds. The maximum absolute atomic E-state index is 14.1. The van der Waals surface area contributed by atoms with Gasteiger partial charge in [-0.2, -0.15) is 0 Å². The van der Waals surface area contributed by atoms with Gasteiger partial charge in [0, 0.05) is 44.5 Å². The van der Waals surface area contributed by atoms with Gasteiger partial charge in [-0.15, -0.1) is 0 Å². The first-order valence-corrected chi connectivity index (χ1v) is 42.9. The molecule has 4 saturated carbocycles. The first-order chi connectivity index (χ1) is 59.4. The number of aromatic nitrogens is 4. The predicted molar refractivity (Wildman–Crippen MR) is 421 cm³/mol.